The monoisotopic (exact) mass is 293 g/mol. The third-order valence-corrected chi connectivity index (χ3v) is 2.61. The van der Waals surface area contributed by atoms with Gasteiger partial charge < -0.3 is 14.6 Å². The molecule has 1 aromatic carbocycles. The van der Waals surface area contributed by atoms with Crippen LogP contribution in [-0.2, 0) is 0 Å². The summed E-state index contributed by atoms with van der Waals surface area (Å²) >= 11 is 5.82. The summed E-state index contributed by atoms with van der Waals surface area (Å²) in [4.78, 5) is 14.7. The van der Waals surface area contributed by atoms with Gasteiger partial charge >= 0.3 is 5.97 Å². The molecule has 6 heteroatoms. The molecule has 0 amide bonds. The Morgan fingerprint density at radius 1 is 1.20 bits per heavy atom. The van der Waals surface area contributed by atoms with Crippen molar-refractivity contribution < 1.29 is 19.4 Å². The highest BCUT2D eigenvalue weighted by atomic mass is 35.5. The first kappa shape index (κ1) is 14.1. The summed E-state index contributed by atoms with van der Waals surface area (Å²) in [5, 5.41) is 9.53. The highest BCUT2D eigenvalue weighted by molar-refractivity contribution is 6.30. The fourth-order valence-corrected chi connectivity index (χ4v) is 1.72. The number of nitrogens with zero attached hydrogens (tertiary/aromatic N) is 1. The molecule has 104 valence electrons. The molecule has 20 heavy (non-hydrogen) atoms. The largest absolute Gasteiger partial charge is 0.490 e. The van der Waals surface area contributed by atoms with Gasteiger partial charge in [-0.25, -0.2) is 9.78 Å². The van der Waals surface area contributed by atoms with E-state index in [-0.39, 0.29) is 24.7 Å². The number of hydrogen-bond acceptors (Lipinski definition) is 4. The first-order chi connectivity index (χ1) is 9.66. The fourth-order valence-electron chi connectivity index (χ4n) is 1.54. The van der Waals surface area contributed by atoms with E-state index in [0.29, 0.717) is 10.8 Å². The minimum absolute atomic E-state index is 0.116. The lowest BCUT2D eigenvalue weighted by atomic mass is 10.3. The number of carbonyl (C=O) groups is 1. The second kappa shape index (κ2) is 6.77. The van der Waals surface area contributed by atoms with Crippen molar-refractivity contribution in [1.29, 1.82) is 0 Å². The third kappa shape index (κ3) is 3.86. The van der Waals surface area contributed by atoms with E-state index in [1.807, 2.05) is 0 Å². The Hall–Kier alpha value is -2.27. The van der Waals surface area contributed by atoms with Crippen molar-refractivity contribution in [2.75, 3.05) is 13.2 Å². The van der Waals surface area contributed by atoms with E-state index in [0.717, 1.165) is 0 Å². The summed E-state index contributed by atoms with van der Waals surface area (Å²) in [5.41, 5.74) is -0.116. The molecule has 0 unspecified atom stereocenters. The molecule has 1 heterocycles. The van der Waals surface area contributed by atoms with E-state index in [1.165, 1.54) is 6.20 Å². The molecule has 5 nitrogen and oxygen atoms in total. The van der Waals surface area contributed by atoms with Crippen LogP contribution in [0.15, 0.2) is 42.6 Å². The second-order valence-corrected chi connectivity index (χ2v) is 4.25. The lowest BCUT2D eigenvalue weighted by molar-refractivity contribution is 0.0684. The van der Waals surface area contributed by atoms with Gasteiger partial charge in [-0.1, -0.05) is 17.7 Å². The lowest BCUT2D eigenvalue weighted by Gasteiger charge is -2.09. The highest BCUT2D eigenvalue weighted by Gasteiger charge is 2.11. The van der Waals surface area contributed by atoms with E-state index >= 15 is 0 Å². The van der Waals surface area contributed by atoms with Crippen LogP contribution in [0.25, 0.3) is 0 Å². The Labute approximate surface area is 120 Å². The smallest absolute Gasteiger partial charge is 0.358 e. The van der Waals surface area contributed by atoms with Gasteiger partial charge in [-0.2, -0.15) is 0 Å². The maximum Gasteiger partial charge on any atom is 0.358 e. The van der Waals surface area contributed by atoms with Crippen molar-refractivity contribution in [3.8, 4) is 11.5 Å². The van der Waals surface area contributed by atoms with E-state index in [1.54, 1.807) is 36.4 Å². The topological polar surface area (TPSA) is 68.7 Å². The molecule has 0 bridgehead atoms. The molecule has 1 N–H and O–H groups in total. The average molecular weight is 294 g/mol. The van der Waals surface area contributed by atoms with Crippen LogP contribution in [0.5, 0.6) is 11.5 Å². The van der Waals surface area contributed by atoms with Crippen LogP contribution in [-0.4, -0.2) is 29.3 Å². The van der Waals surface area contributed by atoms with Gasteiger partial charge in [0.05, 0.1) is 0 Å². The summed E-state index contributed by atoms with van der Waals surface area (Å²) in [6.45, 7) is 0.479. The molecule has 0 spiro atoms. The number of hydrogen-bond donors (Lipinski definition) is 1. The minimum Gasteiger partial charge on any atom is -0.490 e. The summed E-state index contributed by atoms with van der Waals surface area (Å²) in [7, 11) is 0. The predicted octanol–water partition coefficient (Wildman–Crippen LogP) is 2.89. The van der Waals surface area contributed by atoms with E-state index in [4.69, 9.17) is 26.2 Å². The van der Waals surface area contributed by atoms with Crippen LogP contribution in [0.2, 0.25) is 5.02 Å². The normalized spacial score (nSPS) is 10.1. The molecule has 1 aromatic heterocycles. The molecule has 0 aliphatic carbocycles. The van der Waals surface area contributed by atoms with Crippen molar-refractivity contribution in [3.05, 3.63) is 53.3 Å². The van der Waals surface area contributed by atoms with Crippen molar-refractivity contribution in [2.45, 2.75) is 0 Å². The molecule has 0 radical (unpaired) electrons. The molecule has 2 aromatic rings. The summed E-state index contributed by atoms with van der Waals surface area (Å²) in [5.74, 6) is -0.281. The van der Waals surface area contributed by atoms with Crippen molar-refractivity contribution in [1.82, 2.24) is 4.98 Å². The zero-order chi connectivity index (χ0) is 14.4. The highest BCUT2D eigenvalue weighted by Crippen LogP contribution is 2.18. The SMILES string of the molecule is O=C(O)c1ncccc1OCCOc1cccc(Cl)c1. The molecule has 0 saturated heterocycles. The maximum absolute atomic E-state index is 10.9. The van der Waals surface area contributed by atoms with Gasteiger partial charge in [0.2, 0.25) is 0 Å². The molecule has 0 aliphatic heterocycles. The summed E-state index contributed by atoms with van der Waals surface area (Å²) in [6, 6.07) is 10.2. The van der Waals surface area contributed by atoms with Gasteiger partial charge in [-0.3, -0.25) is 0 Å². The molecule has 0 saturated carbocycles. The third-order valence-electron chi connectivity index (χ3n) is 2.38. The summed E-state index contributed by atoms with van der Waals surface area (Å²) < 4.78 is 10.8. The number of aromatic carboxylic acids is 1. The Morgan fingerprint density at radius 2 is 2.00 bits per heavy atom. The van der Waals surface area contributed by atoms with Gasteiger partial charge in [0.15, 0.2) is 11.4 Å². The zero-order valence-corrected chi connectivity index (χ0v) is 11.2. The quantitative estimate of drug-likeness (QED) is 0.829. The van der Waals surface area contributed by atoms with Crippen LogP contribution < -0.4 is 9.47 Å². The Balaban J connectivity index is 1.86. The van der Waals surface area contributed by atoms with Crippen LogP contribution in [0.1, 0.15) is 10.5 Å². The fraction of sp³-hybridized carbons (Fsp3) is 0.143. The first-order valence-corrected chi connectivity index (χ1v) is 6.24. The number of pyridine rings is 1. The van der Waals surface area contributed by atoms with Gasteiger partial charge in [0.1, 0.15) is 19.0 Å². The zero-order valence-electron chi connectivity index (χ0n) is 10.5. The summed E-state index contributed by atoms with van der Waals surface area (Å²) in [6.07, 6.45) is 1.40. The number of carboxylic acids is 1. The van der Waals surface area contributed by atoms with Crippen molar-refractivity contribution in [3.63, 3.8) is 0 Å². The van der Waals surface area contributed by atoms with E-state index in [9.17, 15) is 4.79 Å². The Bertz CT molecular complexity index is 603. The molecule has 0 aliphatic rings. The van der Waals surface area contributed by atoms with Crippen molar-refractivity contribution in [2.24, 2.45) is 0 Å². The number of aromatic nitrogens is 1. The first-order valence-electron chi connectivity index (χ1n) is 5.86. The van der Waals surface area contributed by atoms with Gasteiger partial charge in [0, 0.05) is 11.2 Å². The van der Waals surface area contributed by atoms with E-state index < -0.39 is 5.97 Å². The second-order valence-electron chi connectivity index (χ2n) is 3.81. The number of ether oxygens (including phenoxy) is 2. The molecular formula is C14H12ClNO4. The van der Waals surface area contributed by atoms with Gasteiger partial charge in [0.25, 0.3) is 0 Å². The molecule has 0 atom stereocenters. The van der Waals surface area contributed by atoms with Crippen LogP contribution in [0, 0.1) is 0 Å². The Kier molecular flexibility index (Phi) is 4.79. The van der Waals surface area contributed by atoms with Gasteiger partial charge in [-0.15, -0.1) is 0 Å². The predicted molar refractivity (Wildman–Crippen MR) is 73.6 cm³/mol. The lowest BCUT2D eigenvalue weighted by Crippen LogP contribution is -2.12. The number of carboxylic acid groups (broad SMARTS) is 1. The molecule has 0 fully saturated rings. The van der Waals surface area contributed by atoms with Crippen LogP contribution >= 0.6 is 11.6 Å². The van der Waals surface area contributed by atoms with E-state index in [2.05, 4.69) is 4.98 Å². The molecular weight excluding hydrogens is 282 g/mol. The number of rotatable bonds is 6. The van der Waals surface area contributed by atoms with Crippen LogP contribution in [0.3, 0.4) is 0 Å². The standard InChI is InChI=1S/C14H12ClNO4/c15-10-3-1-4-11(9-10)19-7-8-20-12-5-2-6-16-13(12)14(17)18/h1-6,9H,7-8H2,(H,17,18). The molecule has 2 rings (SSSR count). The van der Waals surface area contributed by atoms with Crippen molar-refractivity contribution >= 4 is 17.6 Å². The number of benzene rings is 1. The Morgan fingerprint density at radius 3 is 2.75 bits per heavy atom. The average Bonchev–Trinajstić information content (AvgIpc) is 2.44. The number of halogens is 1. The van der Waals surface area contributed by atoms with Crippen LogP contribution in [0.4, 0.5) is 0 Å². The maximum atomic E-state index is 10.9. The van der Waals surface area contributed by atoms with Gasteiger partial charge in [-0.05, 0) is 30.3 Å². The minimum atomic E-state index is -1.13.